The molecule has 2 heterocycles. The van der Waals surface area contributed by atoms with Gasteiger partial charge in [-0.05, 0) is 37.6 Å². The zero-order valence-corrected chi connectivity index (χ0v) is 15.1. The number of hydrogen-bond acceptors (Lipinski definition) is 4. The summed E-state index contributed by atoms with van der Waals surface area (Å²) in [5.74, 6) is -0.0335. The van der Waals surface area contributed by atoms with Crippen molar-refractivity contribution in [1.29, 1.82) is 0 Å². The monoisotopic (exact) mass is 376 g/mol. The van der Waals surface area contributed by atoms with Crippen LogP contribution in [-0.2, 0) is 17.5 Å². The number of amides is 1. The first-order chi connectivity index (χ1) is 12.7. The Morgan fingerprint density at radius 1 is 1.15 bits per heavy atom. The van der Waals surface area contributed by atoms with E-state index in [0.29, 0.717) is 29.1 Å². The molecule has 0 spiro atoms. The number of aromatic nitrogens is 1. The lowest BCUT2D eigenvalue weighted by Crippen LogP contribution is -2.20. The molecule has 0 fully saturated rings. The number of halogens is 3. The van der Waals surface area contributed by atoms with Crippen molar-refractivity contribution in [3.63, 3.8) is 0 Å². The highest BCUT2D eigenvalue weighted by atomic mass is 19.4. The third-order valence-corrected chi connectivity index (χ3v) is 4.25. The lowest BCUT2D eigenvalue weighted by atomic mass is 9.99. The second-order valence-corrected chi connectivity index (χ2v) is 6.40. The van der Waals surface area contributed by atoms with Crippen LogP contribution >= 0.6 is 0 Å². The average molecular weight is 376 g/mol. The molecule has 5 nitrogen and oxygen atoms in total. The topological polar surface area (TPSA) is 66.0 Å². The third-order valence-electron chi connectivity index (χ3n) is 4.25. The van der Waals surface area contributed by atoms with Crippen molar-refractivity contribution in [2.75, 3.05) is 17.7 Å². The number of anilines is 3. The van der Waals surface area contributed by atoms with Crippen LogP contribution in [0, 0.1) is 0 Å². The van der Waals surface area contributed by atoms with Crippen molar-refractivity contribution < 1.29 is 18.0 Å². The van der Waals surface area contributed by atoms with Crippen molar-refractivity contribution in [2.45, 2.75) is 26.6 Å². The number of nitrogens with zero attached hydrogens (tertiary/aromatic N) is 1. The number of alkyl halides is 3. The lowest BCUT2D eigenvalue weighted by molar-refractivity contribution is -0.141. The summed E-state index contributed by atoms with van der Waals surface area (Å²) in [6.45, 7) is 4.01. The summed E-state index contributed by atoms with van der Waals surface area (Å²) in [6, 6.07) is 7.65. The number of fused-ring (bicyclic) bond motifs is 2. The van der Waals surface area contributed by atoms with Gasteiger partial charge < -0.3 is 16.0 Å². The van der Waals surface area contributed by atoms with Gasteiger partial charge in [-0.25, -0.2) is 4.98 Å². The Morgan fingerprint density at radius 3 is 2.52 bits per heavy atom. The van der Waals surface area contributed by atoms with Gasteiger partial charge in [-0.3, -0.25) is 4.79 Å². The van der Waals surface area contributed by atoms with Crippen LogP contribution in [0.1, 0.15) is 30.7 Å². The molecule has 3 N–H and O–H groups in total. The summed E-state index contributed by atoms with van der Waals surface area (Å²) in [5, 5.41) is 8.78. The van der Waals surface area contributed by atoms with Crippen LogP contribution in [0.3, 0.4) is 0 Å². The van der Waals surface area contributed by atoms with Crippen LogP contribution in [0.25, 0.3) is 5.57 Å². The normalized spacial score (nSPS) is 12.7. The van der Waals surface area contributed by atoms with E-state index in [-0.39, 0.29) is 11.7 Å². The molecule has 1 aliphatic rings. The molecule has 142 valence electrons. The van der Waals surface area contributed by atoms with Crippen molar-refractivity contribution in [3.8, 4) is 0 Å². The van der Waals surface area contributed by atoms with Gasteiger partial charge in [-0.1, -0.05) is 17.7 Å². The van der Waals surface area contributed by atoms with Crippen LogP contribution in [-0.4, -0.2) is 17.9 Å². The van der Waals surface area contributed by atoms with Crippen LogP contribution in [0.2, 0.25) is 0 Å². The summed E-state index contributed by atoms with van der Waals surface area (Å²) in [6.07, 6.45) is -4.50. The maximum Gasteiger partial charge on any atom is 0.433 e. The summed E-state index contributed by atoms with van der Waals surface area (Å²) in [7, 11) is 1.56. The molecule has 0 bridgehead atoms. The highest BCUT2D eigenvalue weighted by Crippen LogP contribution is 2.36. The van der Waals surface area contributed by atoms with E-state index in [0.717, 1.165) is 17.2 Å². The van der Waals surface area contributed by atoms with E-state index < -0.39 is 11.9 Å². The number of likely N-dealkylation sites (N-methyl/N-ethyl adjacent to an activating group) is 1. The number of carbonyl (C=O) groups excluding carboxylic acids is 1. The first kappa shape index (κ1) is 18.8. The number of pyridine rings is 1. The summed E-state index contributed by atoms with van der Waals surface area (Å²) in [5.41, 5.74) is 3.08. The molecular weight excluding hydrogens is 357 g/mol. The zero-order chi connectivity index (χ0) is 19.8. The van der Waals surface area contributed by atoms with Crippen molar-refractivity contribution in [3.05, 3.63) is 52.7 Å². The predicted octanol–water partition coefficient (Wildman–Crippen LogP) is 4.31. The number of nitrogens with one attached hydrogen (secondary N) is 3. The average Bonchev–Trinajstić information content (AvgIpc) is 2.78. The van der Waals surface area contributed by atoms with Crippen LogP contribution in [0.15, 0.2) is 35.9 Å². The Hall–Kier alpha value is -3.03. The lowest BCUT2D eigenvalue weighted by Gasteiger charge is -2.14. The van der Waals surface area contributed by atoms with Crippen molar-refractivity contribution >= 4 is 28.7 Å². The number of carbonyl (C=O) groups is 1. The minimum atomic E-state index is -4.50. The second-order valence-electron chi connectivity index (χ2n) is 6.40. The van der Waals surface area contributed by atoms with Gasteiger partial charge >= 0.3 is 6.18 Å². The third kappa shape index (κ3) is 3.74. The molecular formula is C19H19F3N4O. The summed E-state index contributed by atoms with van der Waals surface area (Å²) >= 11 is 0. The molecule has 3 rings (SSSR count). The van der Waals surface area contributed by atoms with Gasteiger partial charge in [0.25, 0.3) is 5.91 Å². The molecule has 0 saturated carbocycles. The molecule has 0 unspecified atom stereocenters. The first-order valence-corrected chi connectivity index (χ1v) is 8.32. The molecule has 1 aromatic carbocycles. The largest absolute Gasteiger partial charge is 0.433 e. The smallest absolute Gasteiger partial charge is 0.379 e. The van der Waals surface area contributed by atoms with Crippen LogP contribution in [0.5, 0.6) is 0 Å². The molecule has 1 aromatic heterocycles. The van der Waals surface area contributed by atoms with Gasteiger partial charge in [-0.15, -0.1) is 0 Å². The van der Waals surface area contributed by atoms with Gasteiger partial charge in [0.2, 0.25) is 0 Å². The Kier molecular flexibility index (Phi) is 4.82. The Labute approximate surface area is 154 Å². The molecule has 0 aliphatic carbocycles. The van der Waals surface area contributed by atoms with E-state index in [2.05, 4.69) is 20.9 Å². The SMILES string of the molecule is CNC(=O)C(=C(C)C)c1ccc2c(c1)NCc1ccc(C(F)(F)F)nc1N2. The van der Waals surface area contributed by atoms with E-state index in [1.807, 2.05) is 13.8 Å². The molecule has 8 heteroatoms. The maximum absolute atomic E-state index is 12.9. The van der Waals surface area contributed by atoms with Gasteiger partial charge in [0.15, 0.2) is 0 Å². The minimum absolute atomic E-state index is 0.164. The van der Waals surface area contributed by atoms with Crippen molar-refractivity contribution in [1.82, 2.24) is 10.3 Å². The van der Waals surface area contributed by atoms with Gasteiger partial charge in [0, 0.05) is 24.7 Å². The fraction of sp³-hybridized carbons (Fsp3) is 0.263. The van der Waals surface area contributed by atoms with Gasteiger partial charge in [0.1, 0.15) is 11.5 Å². The van der Waals surface area contributed by atoms with Crippen LogP contribution < -0.4 is 16.0 Å². The van der Waals surface area contributed by atoms with Gasteiger partial charge in [0.05, 0.1) is 11.4 Å². The molecule has 0 radical (unpaired) electrons. The fourth-order valence-corrected chi connectivity index (χ4v) is 2.94. The quantitative estimate of drug-likeness (QED) is 0.684. The zero-order valence-electron chi connectivity index (χ0n) is 15.1. The number of allylic oxidation sites excluding steroid dienone is 1. The molecule has 27 heavy (non-hydrogen) atoms. The van der Waals surface area contributed by atoms with E-state index in [4.69, 9.17) is 0 Å². The minimum Gasteiger partial charge on any atom is -0.379 e. The predicted molar refractivity (Wildman–Crippen MR) is 98.6 cm³/mol. The molecule has 0 saturated heterocycles. The van der Waals surface area contributed by atoms with E-state index in [1.54, 1.807) is 25.2 Å². The van der Waals surface area contributed by atoms with E-state index in [1.165, 1.54) is 6.07 Å². The first-order valence-electron chi connectivity index (χ1n) is 8.32. The van der Waals surface area contributed by atoms with E-state index in [9.17, 15) is 18.0 Å². The van der Waals surface area contributed by atoms with Crippen molar-refractivity contribution in [2.24, 2.45) is 0 Å². The standard InChI is InChI=1S/C19H19F3N4O/c1-10(2)16(18(27)23-3)11-4-6-13-14(8-11)24-9-12-5-7-15(19(20,21)22)26-17(12)25-13/h4-8,24H,9H2,1-3H3,(H,23,27)(H,25,26). The van der Waals surface area contributed by atoms with Gasteiger partial charge in [-0.2, -0.15) is 13.2 Å². The Balaban J connectivity index is 2.00. The number of hydrogen-bond donors (Lipinski definition) is 3. The summed E-state index contributed by atoms with van der Waals surface area (Å²) in [4.78, 5) is 15.9. The Bertz CT molecular complexity index is 931. The number of benzene rings is 1. The number of rotatable bonds is 2. The van der Waals surface area contributed by atoms with E-state index >= 15 is 0 Å². The highest BCUT2D eigenvalue weighted by molar-refractivity contribution is 6.20. The van der Waals surface area contributed by atoms with Crippen LogP contribution in [0.4, 0.5) is 30.4 Å². The molecule has 1 amide bonds. The second kappa shape index (κ2) is 6.94. The Morgan fingerprint density at radius 2 is 1.89 bits per heavy atom. The highest BCUT2D eigenvalue weighted by Gasteiger charge is 2.33. The summed E-state index contributed by atoms with van der Waals surface area (Å²) < 4.78 is 38.8. The molecule has 1 aliphatic heterocycles. The fourth-order valence-electron chi connectivity index (χ4n) is 2.94. The maximum atomic E-state index is 12.9. The molecule has 0 atom stereocenters. The molecule has 2 aromatic rings.